The van der Waals surface area contributed by atoms with Crippen LogP contribution in [0.15, 0.2) is 34.9 Å². The summed E-state index contributed by atoms with van der Waals surface area (Å²) in [4.78, 5) is 29.0. The summed E-state index contributed by atoms with van der Waals surface area (Å²) in [5.41, 5.74) is 4.58. The van der Waals surface area contributed by atoms with Gasteiger partial charge >= 0.3 is 6.09 Å². The third-order valence-corrected chi connectivity index (χ3v) is 6.44. The lowest BCUT2D eigenvalue weighted by Gasteiger charge is -2.20. The molecular formula is C24H35BrN4O3. The molecule has 1 heterocycles. The van der Waals surface area contributed by atoms with Gasteiger partial charge in [-0.1, -0.05) is 48.3 Å². The number of benzene rings is 1. The molecule has 2 aromatic rings. The van der Waals surface area contributed by atoms with Crippen LogP contribution in [0.5, 0.6) is 0 Å². The van der Waals surface area contributed by atoms with Gasteiger partial charge in [0.05, 0.1) is 19.0 Å². The number of hydrogen-bond donors (Lipinski definition) is 2. The van der Waals surface area contributed by atoms with Crippen molar-refractivity contribution in [2.45, 2.75) is 65.3 Å². The Morgan fingerprint density at radius 1 is 1.25 bits per heavy atom. The number of methoxy groups -OCH3 is 1. The highest BCUT2D eigenvalue weighted by molar-refractivity contribution is 9.10. The molecule has 2 aliphatic carbocycles. The number of aromatic amines is 1. The molecule has 176 valence electrons. The summed E-state index contributed by atoms with van der Waals surface area (Å²) in [6.07, 6.45) is 7.50. The van der Waals surface area contributed by atoms with Crippen molar-refractivity contribution in [2.75, 3.05) is 7.11 Å². The van der Waals surface area contributed by atoms with Crippen LogP contribution in [0.3, 0.4) is 0 Å². The number of nitrogens with zero attached hydrogens (tertiary/aromatic N) is 2. The molecule has 8 heteroatoms. The number of hydrazine groups is 1. The van der Waals surface area contributed by atoms with Crippen molar-refractivity contribution in [2.24, 2.45) is 11.8 Å². The summed E-state index contributed by atoms with van der Waals surface area (Å²) in [5, 5.41) is 1.12. The standard InChI is InChI=1S/C16H17BrN2.C6H12N2O3.C2H6/c17-13-5-3-11(4-6-13)15-9-18-16(19-15)14-8-10-1-2-12(14)7-10;1-5(2)8(4-9)7-6(10)11-3;1-2/h3-6,9-10,12,14H,1-2,7-8H2,(H,18,19);4-5H,1-3H3,(H,7,10);1-2H3. The number of nitrogens with one attached hydrogen (secondary N) is 2. The van der Waals surface area contributed by atoms with Crippen molar-refractivity contribution in [3.63, 3.8) is 0 Å². The van der Waals surface area contributed by atoms with E-state index in [4.69, 9.17) is 0 Å². The first-order valence-electron chi connectivity index (χ1n) is 11.3. The predicted octanol–water partition coefficient (Wildman–Crippen LogP) is 5.89. The SMILES string of the molecule is Brc1ccc(-c2cnc(C3CC4CCC3C4)[nH]2)cc1.CC.COC(=O)NN(C=O)C(C)C. The van der Waals surface area contributed by atoms with Crippen molar-refractivity contribution in [3.8, 4) is 11.3 Å². The van der Waals surface area contributed by atoms with E-state index >= 15 is 0 Å². The van der Waals surface area contributed by atoms with Crippen molar-refractivity contribution in [3.05, 3.63) is 40.8 Å². The molecular weight excluding hydrogens is 472 g/mol. The van der Waals surface area contributed by atoms with E-state index in [1.165, 1.54) is 44.2 Å². The lowest BCUT2D eigenvalue weighted by atomic mass is 9.88. The number of imidazole rings is 1. The van der Waals surface area contributed by atoms with E-state index in [1.807, 2.05) is 20.0 Å². The quantitative estimate of drug-likeness (QED) is 0.390. The first-order valence-corrected chi connectivity index (χ1v) is 12.1. The maximum atomic E-state index is 10.6. The minimum Gasteiger partial charge on any atom is -0.452 e. The van der Waals surface area contributed by atoms with Crippen LogP contribution in [0.2, 0.25) is 0 Å². The van der Waals surface area contributed by atoms with Gasteiger partial charge in [-0.3, -0.25) is 9.80 Å². The molecule has 2 aliphatic rings. The molecule has 3 unspecified atom stereocenters. The van der Waals surface area contributed by atoms with Gasteiger partial charge < -0.3 is 9.72 Å². The van der Waals surface area contributed by atoms with Crippen molar-refractivity contribution >= 4 is 28.4 Å². The van der Waals surface area contributed by atoms with Crippen LogP contribution in [-0.2, 0) is 9.53 Å². The van der Waals surface area contributed by atoms with E-state index in [-0.39, 0.29) is 6.04 Å². The smallest absolute Gasteiger partial charge is 0.425 e. The molecule has 1 aromatic heterocycles. The number of aromatic nitrogens is 2. The van der Waals surface area contributed by atoms with Gasteiger partial charge in [-0.25, -0.2) is 15.2 Å². The van der Waals surface area contributed by atoms with Crippen molar-refractivity contribution in [1.82, 2.24) is 20.4 Å². The van der Waals surface area contributed by atoms with Crippen LogP contribution in [0.1, 0.15) is 65.1 Å². The number of fused-ring (bicyclic) bond motifs is 2. The second-order valence-electron chi connectivity index (χ2n) is 8.18. The highest BCUT2D eigenvalue weighted by atomic mass is 79.9. The van der Waals surface area contributed by atoms with Gasteiger partial charge in [0.15, 0.2) is 0 Å². The summed E-state index contributed by atoms with van der Waals surface area (Å²) in [6, 6.07) is 8.33. The zero-order valence-electron chi connectivity index (χ0n) is 19.6. The molecule has 4 rings (SSSR count). The molecule has 0 spiro atoms. The lowest BCUT2D eigenvalue weighted by Crippen LogP contribution is -2.45. The Kier molecular flexibility index (Phi) is 10.2. The van der Waals surface area contributed by atoms with Gasteiger partial charge in [0.25, 0.3) is 0 Å². The number of carbonyl (C=O) groups excluding carboxylic acids is 2. The third-order valence-electron chi connectivity index (χ3n) is 5.92. The molecule has 2 fully saturated rings. The summed E-state index contributed by atoms with van der Waals surface area (Å²) in [6.45, 7) is 7.54. The molecule has 0 radical (unpaired) electrons. The fourth-order valence-electron chi connectivity index (χ4n) is 4.31. The topological polar surface area (TPSA) is 87.3 Å². The molecule has 2 N–H and O–H groups in total. The zero-order valence-corrected chi connectivity index (χ0v) is 21.2. The molecule has 0 saturated heterocycles. The lowest BCUT2D eigenvalue weighted by molar-refractivity contribution is -0.122. The van der Waals surface area contributed by atoms with Crippen LogP contribution in [0, 0.1) is 11.8 Å². The molecule has 7 nitrogen and oxygen atoms in total. The van der Waals surface area contributed by atoms with Crippen LogP contribution >= 0.6 is 15.9 Å². The molecule has 1 aromatic carbocycles. The highest BCUT2D eigenvalue weighted by Gasteiger charge is 2.41. The van der Waals surface area contributed by atoms with E-state index in [0.29, 0.717) is 12.3 Å². The molecule has 3 atom stereocenters. The number of amides is 2. The maximum Gasteiger partial charge on any atom is 0.425 e. The van der Waals surface area contributed by atoms with Gasteiger partial charge in [0.1, 0.15) is 5.82 Å². The van der Waals surface area contributed by atoms with Crippen LogP contribution in [0.4, 0.5) is 4.79 Å². The van der Waals surface area contributed by atoms with E-state index in [9.17, 15) is 9.59 Å². The van der Waals surface area contributed by atoms with E-state index in [1.54, 1.807) is 13.8 Å². The molecule has 0 aliphatic heterocycles. The monoisotopic (exact) mass is 506 g/mol. The summed E-state index contributed by atoms with van der Waals surface area (Å²) >= 11 is 3.47. The second-order valence-corrected chi connectivity index (χ2v) is 9.10. The number of rotatable bonds is 5. The van der Waals surface area contributed by atoms with Gasteiger partial charge in [-0.2, -0.15) is 0 Å². The minimum atomic E-state index is -0.647. The predicted molar refractivity (Wildman–Crippen MR) is 130 cm³/mol. The van der Waals surface area contributed by atoms with Gasteiger partial charge in [-0.05, 0) is 62.6 Å². The maximum absolute atomic E-state index is 10.6. The van der Waals surface area contributed by atoms with E-state index < -0.39 is 6.09 Å². The average Bonchev–Trinajstić information content (AvgIpc) is 3.56. The van der Waals surface area contributed by atoms with Crippen LogP contribution < -0.4 is 5.43 Å². The van der Waals surface area contributed by atoms with Crippen molar-refractivity contribution < 1.29 is 14.3 Å². The second kappa shape index (κ2) is 12.6. The van der Waals surface area contributed by atoms with Crippen LogP contribution in [0.25, 0.3) is 11.3 Å². The summed E-state index contributed by atoms with van der Waals surface area (Å²) < 4.78 is 5.40. The summed E-state index contributed by atoms with van der Waals surface area (Å²) in [7, 11) is 1.23. The average molecular weight is 507 g/mol. The Hall–Kier alpha value is -2.35. The fourth-order valence-corrected chi connectivity index (χ4v) is 4.57. The number of hydrogen-bond acceptors (Lipinski definition) is 4. The molecule has 2 bridgehead atoms. The fraction of sp³-hybridized carbons (Fsp3) is 0.542. The molecule has 32 heavy (non-hydrogen) atoms. The van der Waals surface area contributed by atoms with E-state index in [0.717, 1.165) is 27.0 Å². The largest absolute Gasteiger partial charge is 0.452 e. The molecule has 2 saturated carbocycles. The number of ether oxygens (including phenoxy) is 1. The number of carbonyl (C=O) groups is 2. The summed E-state index contributed by atoms with van der Waals surface area (Å²) in [5.74, 6) is 3.75. The van der Waals surface area contributed by atoms with Gasteiger partial charge in [-0.15, -0.1) is 0 Å². The van der Waals surface area contributed by atoms with Gasteiger partial charge in [0, 0.05) is 16.4 Å². The highest BCUT2D eigenvalue weighted by Crippen LogP contribution is 2.52. The van der Waals surface area contributed by atoms with E-state index in [2.05, 4.69) is 60.3 Å². The molecule has 2 amide bonds. The Bertz CT molecular complexity index is 853. The first kappa shape index (κ1) is 25.9. The Labute approximate surface area is 199 Å². The van der Waals surface area contributed by atoms with Crippen LogP contribution in [-0.4, -0.2) is 40.6 Å². The number of halogens is 1. The first-order chi connectivity index (χ1) is 15.4. The Morgan fingerprint density at radius 2 is 1.94 bits per heavy atom. The zero-order chi connectivity index (χ0) is 23.7. The minimum absolute atomic E-state index is 0.0772. The van der Waals surface area contributed by atoms with Crippen molar-refractivity contribution in [1.29, 1.82) is 0 Å². The normalized spacial score (nSPS) is 20.5. The Balaban J connectivity index is 0.000000242. The Morgan fingerprint density at radius 3 is 2.44 bits per heavy atom. The van der Waals surface area contributed by atoms with Gasteiger partial charge in [0.2, 0.25) is 6.41 Å². The third kappa shape index (κ3) is 6.82. The number of H-pyrrole nitrogens is 1.